The van der Waals surface area contributed by atoms with Crippen molar-refractivity contribution in [2.45, 2.75) is 27.7 Å². The van der Waals surface area contributed by atoms with Crippen molar-refractivity contribution < 1.29 is 14.3 Å². The molecule has 122 valence electrons. The summed E-state index contributed by atoms with van der Waals surface area (Å²) < 4.78 is 11.1. The van der Waals surface area contributed by atoms with Crippen LogP contribution in [0.3, 0.4) is 0 Å². The molecule has 0 bridgehead atoms. The number of rotatable bonds is 9. The molecule has 1 N–H and O–H groups in total. The topological polar surface area (TPSA) is 52.1 Å². The first-order chi connectivity index (χ1) is 10.6. The largest absolute Gasteiger partial charge is 0.467 e. The maximum atomic E-state index is 5.72. The van der Waals surface area contributed by atoms with E-state index in [2.05, 4.69) is 33.5 Å². The summed E-state index contributed by atoms with van der Waals surface area (Å²) in [7, 11) is 1.51. The van der Waals surface area contributed by atoms with Crippen LogP contribution in [0.25, 0.3) is 0 Å². The number of ether oxygens (including phenoxy) is 2. The zero-order valence-corrected chi connectivity index (χ0v) is 14.1. The van der Waals surface area contributed by atoms with Gasteiger partial charge in [-0.25, -0.2) is 0 Å². The Morgan fingerprint density at radius 2 is 1.95 bits per heavy atom. The Bertz CT molecular complexity index is 502. The molecule has 5 nitrogen and oxygen atoms in total. The van der Waals surface area contributed by atoms with Crippen LogP contribution in [0, 0.1) is 13.8 Å². The fourth-order valence-electron chi connectivity index (χ4n) is 2.05. The molecule has 1 rings (SSSR count). The van der Waals surface area contributed by atoms with Gasteiger partial charge in [-0.2, -0.15) is 0 Å². The summed E-state index contributed by atoms with van der Waals surface area (Å²) >= 11 is 0. The highest BCUT2D eigenvalue weighted by Gasteiger charge is 2.06. The summed E-state index contributed by atoms with van der Waals surface area (Å²) in [5.41, 5.74) is 4.01. The Balaban J connectivity index is 2.55. The maximum Gasteiger partial charge on any atom is 0.189 e. The third kappa shape index (κ3) is 6.18. The predicted molar refractivity (Wildman–Crippen MR) is 90.8 cm³/mol. The summed E-state index contributed by atoms with van der Waals surface area (Å²) in [5, 5.41) is 7.12. The number of hydrogen-bond donors (Lipinski definition) is 1. The van der Waals surface area contributed by atoms with E-state index in [9.17, 15) is 0 Å². The quantitative estimate of drug-likeness (QED) is 0.249. The van der Waals surface area contributed by atoms with E-state index >= 15 is 0 Å². The van der Waals surface area contributed by atoms with Gasteiger partial charge in [0.05, 0.1) is 12.3 Å². The van der Waals surface area contributed by atoms with Crippen LogP contribution in [0.2, 0.25) is 0 Å². The van der Waals surface area contributed by atoms with Gasteiger partial charge in [0, 0.05) is 12.2 Å². The van der Waals surface area contributed by atoms with E-state index in [1.807, 2.05) is 33.8 Å². The van der Waals surface area contributed by atoms with Crippen LogP contribution in [0.1, 0.15) is 25.0 Å². The highest BCUT2D eigenvalue weighted by molar-refractivity contribution is 5.82. The molecule has 1 aromatic carbocycles. The number of benzene rings is 1. The first-order valence-corrected chi connectivity index (χ1v) is 7.32. The molecule has 0 unspecified atom stereocenters. The molecule has 0 aliphatic heterocycles. The molecule has 0 atom stereocenters. The van der Waals surface area contributed by atoms with Crippen LogP contribution in [0.15, 0.2) is 29.4 Å². The minimum absolute atomic E-state index is 0.184. The highest BCUT2D eigenvalue weighted by atomic mass is 16.7. The highest BCUT2D eigenvalue weighted by Crippen LogP contribution is 2.27. The van der Waals surface area contributed by atoms with Gasteiger partial charge >= 0.3 is 0 Å². The average Bonchev–Trinajstić information content (AvgIpc) is 2.46. The van der Waals surface area contributed by atoms with Gasteiger partial charge in [-0.1, -0.05) is 17.3 Å². The normalized spacial score (nSPS) is 11.8. The van der Waals surface area contributed by atoms with Crippen LogP contribution < -0.4 is 10.1 Å². The SMILES string of the molecule is C/C=C/CNc1cc(C)c(OCOC/C(C)=N/OC)c(C)c1. The molecule has 22 heavy (non-hydrogen) atoms. The zero-order valence-electron chi connectivity index (χ0n) is 14.1. The van der Waals surface area contributed by atoms with E-state index < -0.39 is 0 Å². The molecule has 0 aliphatic carbocycles. The van der Waals surface area contributed by atoms with Crippen LogP contribution in [0.4, 0.5) is 5.69 Å². The summed E-state index contributed by atoms with van der Waals surface area (Å²) in [5.74, 6) is 0.859. The number of allylic oxidation sites excluding steroid dienone is 1. The number of oxime groups is 1. The molecule has 0 amide bonds. The van der Waals surface area contributed by atoms with Gasteiger partial charge in [0.25, 0.3) is 0 Å². The van der Waals surface area contributed by atoms with Crippen molar-refractivity contribution in [2.75, 3.05) is 32.4 Å². The number of nitrogens with one attached hydrogen (secondary N) is 1. The van der Waals surface area contributed by atoms with Gasteiger partial charge in [-0.3, -0.25) is 0 Å². The van der Waals surface area contributed by atoms with E-state index in [4.69, 9.17) is 9.47 Å². The second kappa shape index (κ2) is 9.84. The first-order valence-electron chi connectivity index (χ1n) is 7.32. The minimum Gasteiger partial charge on any atom is -0.467 e. The molecule has 0 heterocycles. The van der Waals surface area contributed by atoms with Gasteiger partial charge in [0.15, 0.2) is 6.79 Å². The second-order valence-electron chi connectivity index (χ2n) is 5.01. The third-order valence-electron chi connectivity index (χ3n) is 2.96. The molecule has 0 saturated carbocycles. The van der Waals surface area contributed by atoms with E-state index in [1.54, 1.807) is 0 Å². The standard InChI is InChI=1S/C17H26N2O3/c1-6-7-8-18-16-9-13(2)17(14(3)10-16)22-12-21-11-15(4)19-20-5/h6-7,9-10,18H,8,11-12H2,1-5H3/b7-6+,19-15+. The van der Waals surface area contributed by atoms with E-state index in [0.717, 1.165) is 34.8 Å². The van der Waals surface area contributed by atoms with Gasteiger partial charge in [-0.15, -0.1) is 0 Å². The minimum atomic E-state index is 0.184. The number of aryl methyl sites for hydroxylation is 2. The van der Waals surface area contributed by atoms with Crippen molar-refractivity contribution in [3.8, 4) is 5.75 Å². The third-order valence-corrected chi connectivity index (χ3v) is 2.96. The molecular weight excluding hydrogens is 280 g/mol. The monoisotopic (exact) mass is 306 g/mol. The molecule has 0 fully saturated rings. The average molecular weight is 306 g/mol. The smallest absolute Gasteiger partial charge is 0.189 e. The van der Waals surface area contributed by atoms with Crippen molar-refractivity contribution in [3.05, 3.63) is 35.4 Å². The maximum absolute atomic E-state index is 5.72. The van der Waals surface area contributed by atoms with Gasteiger partial charge < -0.3 is 19.6 Å². The fraction of sp³-hybridized carbons (Fsp3) is 0.471. The van der Waals surface area contributed by atoms with Crippen LogP contribution in [0.5, 0.6) is 5.75 Å². The van der Waals surface area contributed by atoms with Crippen LogP contribution in [-0.2, 0) is 9.57 Å². The van der Waals surface area contributed by atoms with Gasteiger partial charge in [0.2, 0.25) is 0 Å². The lowest BCUT2D eigenvalue weighted by molar-refractivity contribution is 0.0337. The molecule has 5 heteroatoms. The number of nitrogens with zero attached hydrogens (tertiary/aromatic N) is 1. The van der Waals surface area contributed by atoms with Crippen LogP contribution in [-0.4, -0.2) is 32.8 Å². The molecule has 0 saturated heterocycles. The molecule has 0 aliphatic rings. The van der Waals surface area contributed by atoms with Gasteiger partial charge in [-0.05, 0) is 51.0 Å². The van der Waals surface area contributed by atoms with E-state index in [1.165, 1.54) is 7.11 Å². The summed E-state index contributed by atoms with van der Waals surface area (Å²) in [6, 6.07) is 4.15. The Hall–Kier alpha value is -2.01. The second-order valence-corrected chi connectivity index (χ2v) is 5.01. The lowest BCUT2D eigenvalue weighted by Gasteiger charge is -2.14. The number of hydrogen-bond acceptors (Lipinski definition) is 5. The fourth-order valence-corrected chi connectivity index (χ4v) is 2.05. The molecule has 1 aromatic rings. The molecule has 0 spiro atoms. The van der Waals surface area contributed by atoms with Crippen molar-refractivity contribution in [3.63, 3.8) is 0 Å². The summed E-state index contributed by atoms with van der Waals surface area (Å²) in [4.78, 5) is 4.67. The zero-order chi connectivity index (χ0) is 16.4. The Morgan fingerprint density at radius 1 is 1.27 bits per heavy atom. The number of anilines is 1. The Labute approximate surface area is 132 Å². The van der Waals surface area contributed by atoms with E-state index in [0.29, 0.717) is 6.61 Å². The van der Waals surface area contributed by atoms with Crippen molar-refractivity contribution in [1.82, 2.24) is 0 Å². The Kier molecular flexibility index (Phi) is 8.07. The first kappa shape index (κ1) is 18.0. The van der Waals surface area contributed by atoms with Crippen LogP contribution >= 0.6 is 0 Å². The van der Waals surface area contributed by atoms with E-state index in [-0.39, 0.29) is 6.79 Å². The molecule has 0 radical (unpaired) electrons. The summed E-state index contributed by atoms with van der Waals surface area (Å²) in [6.45, 7) is 9.29. The van der Waals surface area contributed by atoms with Crippen molar-refractivity contribution in [1.29, 1.82) is 0 Å². The Morgan fingerprint density at radius 3 is 2.55 bits per heavy atom. The van der Waals surface area contributed by atoms with Crippen molar-refractivity contribution >= 4 is 11.4 Å². The molecule has 0 aromatic heterocycles. The lowest BCUT2D eigenvalue weighted by atomic mass is 10.1. The van der Waals surface area contributed by atoms with Gasteiger partial charge in [0.1, 0.15) is 12.9 Å². The summed E-state index contributed by atoms with van der Waals surface area (Å²) in [6.07, 6.45) is 4.10. The molecular formula is C17H26N2O3. The predicted octanol–water partition coefficient (Wildman–Crippen LogP) is 3.67. The lowest BCUT2D eigenvalue weighted by Crippen LogP contribution is -2.11. The van der Waals surface area contributed by atoms with Crippen molar-refractivity contribution in [2.24, 2.45) is 5.16 Å².